The summed E-state index contributed by atoms with van der Waals surface area (Å²) in [6, 6.07) is 4.70. The van der Waals surface area contributed by atoms with Crippen LogP contribution in [0.15, 0.2) is 23.0 Å². The summed E-state index contributed by atoms with van der Waals surface area (Å²) in [5.74, 6) is 0.365. The van der Waals surface area contributed by atoms with Gasteiger partial charge in [0.2, 0.25) is 0 Å². The molecule has 6 heteroatoms. The van der Waals surface area contributed by atoms with E-state index in [-0.39, 0.29) is 11.3 Å². The molecule has 0 fully saturated rings. The maximum absolute atomic E-state index is 11.9. The highest BCUT2D eigenvalue weighted by atomic mass is 32.2. The van der Waals surface area contributed by atoms with Crippen molar-refractivity contribution in [3.05, 3.63) is 34.2 Å². The smallest absolute Gasteiger partial charge is 0.335 e. The third-order valence-electron chi connectivity index (χ3n) is 2.97. The SMILES string of the molecule is CSCC(C)Cn1c(=O)[nH]c2cc(C(=O)O)ccc21. The van der Waals surface area contributed by atoms with E-state index in [2.05, 4.69) is 11.9 Å². The summed E-state index contributed by atoms with van der Waals surface area (Å²) in [6.45, 7) is 2.72. The standard InChI is InChI=1S/C13H16N2O3S/c1-8(7-19-2)6-15-11-4-3-9(12(16)17)5-10(11)14-13(15)18/h3-5,8H,6-7H2,1-2H3,(H,14,18)(H,16,17). The van der Waals surface area contributed by atoms with Gasteiger partial charge in [0, 0.05) is 6.54 Å². The van der Waals surface area contributed by atoms with Gasteiger partial charge in [0.05, 0.1) is 16.6 Å². The first kappa shape index (κ1) is 13.7. The molecule has 19 heavy (non-hydrogen) atoms. The van der Waals surface area contributed by atoms with Crippen LogP contribution in [0.1, 0.15) is 17.3 Å². The fourth-order valence-electron chi connectivity index (χ4n) is 2.13. The minimum Gasteiger partial charge on any atom is -0.478 e. The largest absolute Gasteiger partial charge is 0.478 e. The predicted molar refractivity (Wildman–Crippen MR) is 77.1 cm³/mol. The minimum absolute atomic E-state index is 0.179. The van der Waals surface area contributed by atoms with E-state index in [0.29, 0.717) is 18.0 Å². The van der Waals surface area contributed by atoms with Gasteiger partial charge in [-0.15, -0.1) is 0 Å². The Bertz CT molecular complexity index is 659. The van der Waals surface area contributed by atoms with Crippen molar-refractivity contribution in [2.75, 3.05) is 12.0 Å². The van der Waals surface area contributed by atoms with Gasteiger partial charge in [-0.3, -0.25) is 4.57 Å². The summed E-state index contributed by atoms with van der Waals surface area (Å²) < 4.78 is 1.67. The van der Waals surface area contributed by atoms with Crippen molar-refractivity contribution >= 4 is 28.8 Å². The molecule has 2 aromatic rings. The second kappa shape index (κ2) is 5.52. The molecule has 1 atom stereocenters. The van der Waals surface area contributed by atoms with Gasteiger partial charge in [-0.1, -0.05) is 6.92 Å². The number of nitrogens with zero attached hydrogens (tertiary/aromatic N) is 1. The Morgan fingerprint density at radius 1 is 1.53 bits per heavy atom. The highest BCUT2D eigenvalue weighted by Gasteiger charge is 2.12. The molecule has 0 amide bonds. The molecule has 5 nitrogen and oxygen atoms in total. The monoisotopic (exact) mass is 280 g/mol. The van der Waals surface area contributed by atoms with Crippen molar-refractivity contribution in [1.82, 2.24) is 9.55 Å². The van der Waals surface area contributed by atoms with E-state index in [9.17, 15) is 9.59 Å². The van der Waals surface area contributed by atoms with Crippen LogP contribution >= 0.6 is 11.8 Å². The Morgan fingerprint density at radius 2 is 2.26 bits per heavy atom. The second-order valence-corrected chi connectivity index (χ2v) is 5.55. The molecule has 0 aliphatic carbocycles. The van der Waals surface area contributed by atoms with Crippen LogP contribution in [0.2, 0.25) is 0 Å². The number of thioether (sulfide) groups is 1. The normalized spacial score (nSPS) is 12.7. The Morgan fingerprint density at radius 3 is 2.89 bits per heavy atom. The van der Waals surface area contributed by atoms with Gasteiger partial charge in [-0.05, 0) is 36.1 Å². The number of rotatable bonds is 5. The summed E-state index contributed by atoms with van der Waals surface area (Å²) in [5.41, 5.74) is 1.31. The number of hydrogen-bond donors (Lipinski definition) is 2. The van der Waals surface area contributed by atoms with E-state index in [1.807, 2.05) is 6.26 Å². The molecule has 0 aliphatic rings. The van der Waals surface area contributed by atoms with Crippen LogP contribution < -0.4 is 5.69 Å². The van der Waals surface area contributed by atoms with E-state index in [4.69, 9.17) is 5.11 Å². The topological polar surface area (TPSA) is 75.1 Å². The summed E-state index contributed by atoms with van der Waals surface area (Å²) in [5, 5.41) is 8.93. The number of carboxylic acids is 1. The Hall–Kier alpha value is -1.69. The summed E-state index contributed by atoms with van der Waals surface area (Å²) in [4.78, 5) is 25.5. The van der Waals surface area contributed by atoms with Gasteiger partial charge >= 0.3 is 11.7 Å². The first-order valence-electron chi connectivity index (χ1n) is 5.97. The number of H-pyrrole nitrogens is 1. The fraction of sp³-hybridized carbons (Fsp3) is 0.385. The van der Waals surface area contributed by atoms with Crippen LogP contribution in [0.25, 0.3) is 11.0 Å². The summed E-state index contributed by atoms with van der Waals surface area (Å²) in [6.07, 6.45) is 2.04. The Balaban J connectivity index is 2.42. The molecule has 0 bridgehead atoms. The van der Waals surface area contributed by atoms with Gasteiger partial charge in [-0.25, -0.2) is 9.59 Å². The lowest BCUT2D eigenvalue weighted by Gasteiger charge is -2.10. The lowest BCUT2D eigenvalue weighted by Crippen LogP contribution is -2.21. The molecule has 0 spiro atoms. The van der Waals surface area contributed by atoms with Gasteiger partial charge in [-0.2, -0.15) is 11.8 Å². The van der Waals surface area contributed by atoms with E-state index in [0.717, 1.165) is 11.3 Å². The van der Waals surface area contributed by atoms with Crippen molar-refractivity contribution in [3.63, 3.8) is 0 Å². The average molecular weight is 280 g/mol. The number of aromatic carboxylic acids is 1. The molecule has 0 saturated heterocycles. The maximum atomic E-state index is 11.9. The molecule has 1 heterocycles. The highest BCUT2D eigenvalue weighted by Crippen LogP contribution is 2.15. The number of imidazole rings is 1. The zero-order valence-electron chi connectivity index (χ0n) is 10.8. The van der Waals surface area contributed by atoms with Crippen LogP contribution in [0.4, 0.5) is 0 Å². The predicted octanol–water partition coefficient (Wildman–Crippen LogP) is 2.03. The maximum Gasteiger partial charge on any atom is 0.335 e. The number of carbonyl (C=O) groups is 1. The van der Waals surface area contributed by atoms with Gasteiger partial charge < -0.3 is 10.1 Å². The fourth-order valence-corrected chi connectivity index (χ4v) is 2.80. The number of aromatic nitrogens is 2. The number of nitrogens with one attached hydrogen (secondary N) is 1. The van der Waals surface area contributed by atoms with Crippen LogP contribution in [0.3, 0.4) is 0 Å². The van der Waals surface area contributed by atoms with Gasteiger partial charge in [0.15, 0.2) is 0 Å². The number of aromatic amines is 1. The summed E-state index contributed by atoms with van der Waals surface area (Å²) >= 11 is 1.75. The molecule has 0 saturated carbocycles. The zero-order chi connectivity index (χ0) is 14.0. The van der Waals surface area contributed by atoms with Crippen molar-refractivity contribution in [1.29, 1.82) is 0 Å². The molecular formula is C13H16N2O3S. The van der Waals surface area contributed by atoms with E-state index in [1.165, 1.54) is 12.1 Å². The van der Waals surface area contributed by atoms with Crippen molar-refractivity contribution in [2.24, 2.45) is 5.92 Å². The zero-order valence-corrected chi connectivity index (χ0v) is 11.7. The molecule has 1 aromatic heterocycles. The molecule has 0 radical (unpaired) electrons. The second-order valence-electron chi connectivity index (χ2n) is 4.64. The lowest BCUT2D eigenvalue weighted by molar-refractivity contribution is 0.0697. The third kappa shape index (κ3) is 2.84. The van der Waals surface area contributed by atoms with Crippen LogP contribution in [0.5, 0.6) is 0 Å². The van der Waals surface area contributed by atoms with E-state index >= 15 is 0 Å². The highest BCUT2D eigenvalue weighted by molar-refractivity contribution is 7.98. The Kier molecular flexibility index (Phi) is 3.99. The van der Waals surface area contributed by atoms with Crippen molar-refractivity contribution in [3.8, 4) is 0 Å². The summed E-state index contributed by atoms with van der Waals surface area (Å²) in [7, 11) is 0. The first-order valence-corrected chi connectivity index (χ1v) is 7.37. The molecule has 102 valence electrons. The molecule has 1 aromatic carbocycles. The van der Waals surface area contributed by atoms with E-state index < -0.39 is 5.97 Å². The van der Waals surface area contributed by atoms with Crippen LogP contribution in [-0.4, -0.2) is 32.6 Å². The number of benzene rings is 1. The van der Waals surface area contributed by atoms with Crippen LogP contribution in [0, 0.1) is 5.92 Å². The van der Waals surface area contributed by atoms with Crippen molar-refractivity contribution in [2.45, 2.75) is 13.5 Å². The number of carboxylic acid groups (broad SMARTS) is 1. The Labute approximate surface area is 114 Å². The minimum atomic E-state index is -0.994. The number of fused-ring (bicyclic) bond motifs is 1. The lowest BCUT2D eigenvalue weighted by atomic mass is 10.2. The van der Waals surface area contributed by atoms with Gasteiger partial charge in [0.1, 0.15) is 0 Å². The van der Waals surface area contributed by atoms with Gasteiger partial charge in [0.25, 0.3) is 0 Å². The average Bonchev–Trinajstić information content (AvgIpc) is 2.65. The first-order chi connectivity index (χ1) is 9.02. The van der Waals surface area contributed by atoms with E-state index in [1.54, 1.807) is 22.4 Å². The van der Waals surface area contributed by atoms with Crippen molar-refractivity contribution < 1.29 is 9.90 Å². The molecule has 2 N–H and O–H groups in total. The molecule has 1 unspecified atom stereocenters. The molecule has 2 rings (SSSR count). The number of hydrogen-bond acceptors (Lipinski definition) is 3. The van der Waals surface area contributed by atoms with Crippen LogP contribution in [-0.2, 0) is 6.54 Å². The molecule has 0 aliphatic heterocycles. The third-order valence-corrected chi connectivity index (χ3v) is 3.87. The molecular weight excluding hydrogens is 264 g/mol. The quantitative estimate of drug-likeness (QED) is 0.878.